The third-order valence-corrected chi connectivity index (χ3v) is 3.21. The standard InChI is InChI=1S/C14H21N/c1-2-3-4-10-15-14-9-8-12-6-5-7-13(12)11-14/h8-9,11,15H,2-7,10H2,1H3. The molecule has 0 unspecified atom stereocenters. The van der Waals surface area contributed by atoms with E-state index in [1.807, 2.05) is 0 Å². The van der Waals surface area contributed by atoms with Gasteiger partial charge in [-0.25, -0.2) is 0 Å². The Bertz CT molecular complexity index is 317. The molecule has 1 nitrogen and oxygen atoms in total. The van der Waals surface area contributed by atoms with Crippen LogP contribution in [0.5, 0.6) is 0 Å². The minimum atomic E-state index is 1.12. The van der Waals surface area contributed by atoms with Crippen LogP contribution in [0, 0.1) is 0 Å². The predicted octanol–water partition coefficient (Wildman–Crippen LogP) is 3.78. The van der Waals surface area contributed by atoms with Crippen LogP contribution in [0.15, 0.2) is 18.2 Å². The number of fused-ring (bicyclic) bond motifs is 1. The van der Waals surface area contributed by atoms with Gasteiger partial charge in [0, 0.05) is 12.2 Å². The number of anilines is 1. The highest BCUT2D eigenvalue weighted by atomic mass is 14.9. The Morgan fingerprint density at radius 2 is 2.00 bits per heavy atom. The average molecular weight is 203 g/mol. The van der Waals surface area contributed by atoms with E-state index in [0.29, 0.717) is 0 Å². The Hall–Kier alpha value is -0.980. The molecule has 0 fully saturated rings. The summed E-state index contributed by atoms with van der Waals surface area (Å²) in [6, 6.07) is 6.87. The van der Waals surface area contributed by atoms with E-state index < -0.39 is 0 Å². The lowest BCUT2D eigenvalue weighted by molar-refractivity contribution is 0.744. The van der Waals surface area contributed by atoms with Crippen molar-refractivity contribution in [2.24, 2.45) is 0 Å². The summed E-state index contributed by atoms with van der Waals surface area (Å²) in [6.45, 7) is 3.36. The van der Waals surface area contributed by atoms with E-state index in [-0.39, 0.29) is 0 Å². The zero-order chi connectivity index (χ0) is 10.5. The first-order valence-corrected chi connectivity index (χ1v) is 6.26. The Morgan fingerprint density at radius 3 is 2.87 bits per heavy atom. The molecule has 1 N–H and O–H groups in total. The van der Waals surface area contributed by atoms with Crippen LogP contribution in [0.4, 0.5) is 5.69 Å². The van der Waals surface area contributed by atoms with Gasteiger partial charge in [0.05, 0.1) is 0 Å². The second-order valence-electron chi connectivity index (χ2n) is 4.47. The molecule has 1 aromatic carbocycles. The minimum absolute atomic E-state index is 1.12. The summed E-state index contributed by atoms with van der Waals surface area (Å²) in [7, 11) is 0. The summed E-state index contributed by atoms with van der Waals surface area (Å²) < 4.78 is 0. The summed E-state index contributed by atoms with van der Waals surface area (Å²) in [5.74, 6) is 0. The van der Waals surface area contributed by atoms with Gasteiger partial charge in [0.1, 0.15) is 0 Å². The van der Waals surface area contributed by atoms with Crippen LogP contribution in [0.1, 0.15) is 43.7 Å². The lowest BCUT2D eigenvalue weighted by Gasteiger charge is -2.07. The molecule has 15 heavy (non-hydrogen) atoms. The number of unbranched alkanes of at least 4 members (excludes halogenated alkanes) is 2. The van der Waals surface area contributed by atoms with Gasteiger partial charge in [-0.2, -0.15) is 0 Å². The maximum Gasteiger partial charge on any atom is 0.0343 e. The molecular formula is C14H21N. The van der Waals surface area contributed by atoms with E-state index >= 15 is 0 Å². The topological polar surface area (TPSA) is 12.0 Å². The van der Waals surface area contributed by atoms with Crippen molar-refractivity contribution in [3.05, 3.63) is 29.3 Å². The Morgan fingerprint density at radius 1 is 1.13 bits per heavy atom. The monoisotopic (exact) mass is 203 g/mol. The van der Waals surface area contributed by atoms with Crippen molar-refractivity contribution in [1.82, 2.24) is 0 Å². The second-order valence-corrected chi connectivity index (χ2v) is 4.47. The molecular weight excluding hydrogens is 182 g/mol. The summed E-state index contributed by atoms with van der Waals surface area (Å²) >= 11 is 0. The van der Waals surface area contributed by atoms with Crippen LogP contribution < -0.4 is 5.32 Å². The Labute approximate surface area is 92.9 Å². The highest BCUT2D eigenvalue weighted by Gasteiger charge is 2.10. The molecule has 1 aliphatic carbocycles. The van der Waals surface area contributed by atoms with Gasteiger partial charge in [-0.05, 0) is 48.9 Å². The van der Waals surface area contributed by atoms with Crippen LogP contribution in [0.25, 0.3) is 0 Å². The molecule has 0 saturated carbocycles. The number of hydrogen-bond acceptors (Lipinski definition) is 1. The average Bonchev–Trinajstić information content (AvgIpc) is 2.71. The molecule has 0 aliphatic heterocycles. The fourth-order valence-corrected chi connectivity index (χ4v) is 2.29. The first-order valence-electron chi connectivity index (χ1n) is 6.26. The fourth-order valence-electron chi connectivity index (χ4n) is 2.29. The zero-order valence-electron chi connectivity index (χ0n) is 9.68. The van der Waals surface area contributed by atoms with E-state index in [2.05, 4.69) is 30.4 Å². The molecule has 0 aromatic heterocycles. The number of aryl methyl sites for hydroxylation is 2. The SMILES string of the molecule is CCCCCNc1ccc2c(c1)CCC2. The molecule has 0 radical (unpaired) electrons. The van der Waals surface area contributed by atoms with Crippen LogP contribution >= 0.6 is 0 Å². The van der Waals surface area contributed by atoms with Gasteiger partial charge in [-0.3, -0.25) is 0 Å². The highest BCUT2D eigenvalue weighted by molar-refractivity contribution is 5.50. The van der Waals surface area contributed by atoms with Crippen LogP contribution in [0.2, 0.25) is 0 Å². The van der Waals surface area contributed by atoms with Crippen molar-refractivity contribution in [2.75, 3.05) is 11.9 Å². The Kier molecular flexibility index (Phi) is 3.65. The Balaban J connectivity index is 1.87. The zero-order valence-corrected chi connectivity index (χ0v) is 9.68. The van der Waals surface area contributed by atoms with Gasteiger partial charge in [0.15, 0.2) is 0 Å². The van der Waals surface area contributed by atoms with Crippen LogP contribution in [-0.4, -0.2) is 6.54 Å². The van der Waals surface area contributed by atoms with Crippen molar-refractivity contribution in [1.29, 1.82) is 0 Å². The molecule has 1 heteroatoms. The number of nitrogens with one attached hydrogen (secondary N) is 1. The molecule has 0 spiro atoms. The van der Waals surface area contributed by atoms with Gasteiger partial charge in [0.2, 0.25) is 0 Å². The first-order chi connectivity index (χ1) is 7.40. The second kappa shape index (κ2) is 5.20. The third kappa shape index (κ3) is 2.74. The number of hydrogen-bond donors (Lipinski definition) is 1. The fraction of sp³-hybridized carbons (Fsp3) is 0.571. The van der Waals surface area contributed by atoms with Crippen molar-refractivity contribution in [3.8, 4) is 0 Å². The van der Waals surface area contributed by atoms with E-state index in [4.69, 9.17) is 0 Å². The molecule has 0 saturated heterocycles. The van der Waals surface area contributed by atoms with Crippen molar-refractivity contribution in [3.63, 3.8) is 0 Å². The summed E-state index contributed by atoms with van der Waals surface area (Å²) in [5.41, 5.74) is 4.44. The lowest BCUT2D eigenvalue weighted by Crippen LogP contribution is -2.01. The maximum atomic E-state index is 3.51. The van der Waals surface area contributed by atoms with Crippen molar-refractivity contribution >= 4 is 5.69 Å². The van der Waals surface area contributed by atoms with Crippen molar-refractivity contribution < 1.29 is 0 Å². The molecule has 0 bridgehead atoms. The quantitative estimate of drug-likeness (QED) is 0.718. The predicted molar refractivity (Wildman–Crippen MR) is 66.5 cm³/mol. The van der Waals surface area contributed by atoms with Gasteiger partial charge < -0.3 is 5.32 Å². The summed E-state index contributed by atoms with van der Waals surface area (Å²) in [6.07, 6.45) is 7.82. The lowest BCUT2D eigenvalue weighted by atomic mass is 10.1. The van der Waals surface area contributed by atoms with Gasteiger partial charge in [-0.1, -0.05) is 25.8 Å². The molecule has 1 aliphatic rings. The van der Waals surface area contributed by atoms with E-state index in [1.165, 1.54) is 44.2 Å². The number of benzene rings is 1. The minimum Gasteiger partial charge on any atom is -0.385 e. The van der Waals surface area contributed by atoms with Crippen LogP contribution in [0.3, 0.4) is 0 Å². The molecule has 0 amide bonds. The van der Waals surface area contributed by atoms with E-state index in [1.54, 1.807) is 11.1 Å². The molecule has 1 aromatic rings. The smallest absolute Gasteiger partial charge is 0.0343 e. The molecule has 82 valence electrons. The molecule has 2 rings (SSSR count). The maximum absolute atomic E-state index is 3.51. The van der Waals surface area contributed by atoms with E-state index in [9.17, 15) is 0 Å². The van der Waals surface area contributed by atoms with Crippen LogP contribution in [-0.2, 0) is 12.8 Å². The molecule has 0 heterocycles. The molecule has 0 atom stereocenters. The number of rotatable bonds is 5. The summed E-state index contributed by atoms with van der Waals surface area (Å²) in [4.78, 5) is 0. The van der Waals surface area contributed by atoms with Gasteiger partial charge in [0.25, 0.3) is 0 Å². The van der Waals surface area contributed by atoms with E-state index in [0.717, 1.165) is 6.54 Å². The first kappa shape index (κ1) is 10.5. The van der Waals surface area contributed by atoms with Gasteiger partial charge >= 0.3 is 0 Å². The highest BCUT2D eigenvalue weighted by Crippen LogP contribution is 2.24. The van der Waals surface area contributed by atoms with Gasteiger partial charge in [-0.15, -0.1) is 0 Å². The normalized spacial score (nSPS) is 13.9. The largest absolute Gasteiger partial charge is 0.385 e. The van der Waals surface area contributed by atoms with Crippen molar-refractivity contribution in [2.45, 2.75) is 45.4 Å². The summed E-state index contributed by atoms with van der Waals surface area (Å²) in [5, 5.41) is 3.51. The third-order valence-electron chi connectivity index (χ3n) is 3.21.